The predicted octanol–water partition coefficient (Wildman–Crippen LogP) is 4.39. The second kappa shape index (κ2) is 10.4. The van der Waals surface area contributed by atoms with Gasteiger partial charge in [0.05, 0.1) is 17.4 Å². The van der Waals surface area contributed by atoms with Crippen molar-refractivity contribution in [2.75, 3.05) is 24.1 Å². The first-order valence-electron chi connectivity index (χ1n) is 7.59. The summed E-state index contributed by atoms with van der Waals surface area (Å²) in [6.07, 6.45) is 4.89. The quantitative estimate of drug-likeness (QED) is 0.704. The van der Waals surface area contributed by atoms with Gasteiger partial charge < -0.3 is 11.1 Å². The fourth-order valence-electron chi connectivity index (χ4n) is 2.74. The lowest BCUT2D eigenvalue weighted by atomic mass is 10.1. The molecule has 3 N–H and O–H groups in total. The van der Waals surface area contributed by atoms with Crippen molar-refractivity contribution in [1.29, 1.82) is 0 Å². The third-order valence-electron chi connectivity index (χ3n) is 4.18. The molecule has 1 fully saturated rings. The fraction of sp³-hybridized carbons (Fsp3) is 0.562. The van der Waals surface area contributed by atoms with E-state index in [0.29, 0.717) is 11.4 Å². The van der Waals surface area contributed by atoms with Crippen LogP contribution in [-0.4, -0.2) is 29.9 Å². The number of hydrogen-bond donors (Lipinski definition) is 2. The first kappa shape index (κ1) is 22.5. The molecule has 132 valence electrons. The van der Waals surface area contributed by atoms with E-state index in [-0.39, 0.29) is 36.8 Å². The van der Waals surface area contributed by atoms with Crippen LogP contribution >= 0.6 is 40.7 Å². The van der Waals surface area contributed by atoms with Crippen LogP contribution < -0.4 is 11.1 Å². The maximum atomic E-state index is 12.5. The number of nitrogens with two attached hydrogens (primary N) is 1. The Bertz CT molecular complexity index is 520. The molecule has 1 unspecified atom stereocenters. The highest BCUT2D eigenvalue weighted by Gasteiger charge is 2.22. The van der Waals surface area contributed by atoms with Crippen LogP contribution in [0.3, 0.4) is 0 Å². The molecule has 1 atom stereocenters. The molecule has 1 aromatic rings. The number of likely N-dealkylation sites (tertiary alicyclic amines) is 1. The average Bonchev–Trinajstić information content (AvgIpc) is 2.72. The largest absolute Gasteiger partial charge is 0.397 e. The normalized spacial score (nSPS) is 16.5. The Morgan fingerprint density at radius 1 is 1.22 bits per heavy atom. The van der Waals surface area contributed by atoms with Gasteiger partial charge in [-0.2, -0.15) is 0 Å². The van der Waals surface area contributed by atoms with Gasteiger partial charge in [0, 0.05) is 4.47 Å². The van der Waals surface area contributed by atoms with Crippen LogP contribution in [-0.2, 0) is 4.79 Å². The standard InChI is InChI=1S/C16H24BrN3O.2ClH/c1-11-9-13(17)10-14(15(11)18)19-16(21)12(2)20-7-5-3-4-6-8-20;;/h9-10,12H,3-8,18H2,1-2H3,(H,19,21);2*1H. The van der Waals surface area contributed by atoms with Crippen molar-refractivity contribution in [2.45, 2.75) is 45.6 Å². The summed E-state index contributed by atoms with van der Waals surface area (Å²) >= 11 is 3.44. The maximum Gasteiger partial charge on any atom is 0.241 e. The van der Waals surface area contributed by atoms with E-state index in [4.69, 9.17) is 5.73 Å². The number of rotatable bonds is 3. The van der Waals surface area contributed by atoms with Gasteiger partial charge in [-0.05, 0) is 57.5 Å². The Morgan fingerprint density at radius 3 is 2.35 bits per heavy atom. The van der Waals surface area contributed by atoms with Crippen LogP contribution in [0.5, 0.6) is 0 Å². The number of amides is 1. The van der Waals surface area contributed by atoms with Gasteiger partial charge in [0.15, 0.2) is 0 Å². The first-order chi connectivity index (χ1) is 9.99. The van der Waals surface area contributed by atoms with Gasteiger partial charge in [-0.1, -0.05) is 28.8 Å². The monoisotopic (exact) mass is 425 g/mol. The highest BCUT2D eigenvalue weighted by molar-refractivity contribution is 9.10. The lowest BCUT2D eigenvalue weighted by Gasteiger charge is -2.26. The summed E-state index contributed by atoms with van der Waals surface area (Å²) in [6.45, 7) is 5.92. The zero-order chi connectivity index (χ0) is 15.4. The number of aryl methyl sites for hydroxylation is 1. The van der Waals surface area contributed by atoms with Crippen LogP contribution in [0.15, 0.2) is 16.6 Å². The molecular weight excluding hydrogens is 401 g/mol. The second-order valence-corrected chi connectivity index (χ2v) is 6.72. The molecule has 1 aliphatic heterocycles. The number of hydrogen-bond acceptors (Lipinski definition) is 3. The van der Waals surface area contributed by atoms with Crippen LogP contribution in [0.4, 0.5) is 11.4 Å². The van der Waals surface area contributed by atoms with Gasteiger partial charge in [0.25, 0.3) is 0 Å². The first-order valence-corrected chi connectivity index (χ1v) is 8.39. The molecule has 2 rings (SSSR count). The molecule has 1 aliphatic rings. The molecule has 0 aliphatic carbocycles. The van der Waals surface area contributed by atoms with E-state index in [1.54, 1.807) is 0 Å². The number of halogens is 3. The lowest BCUT2D eigenvalue weighted by molar-refractivity contribution is -0.120. The molecule has 1 amide bonds. The van der Waals surface area contributed by atoms with Crippen LogP contribution in [0, 0.1) is 6.92 Å². The van der Waals surface area contributed by atoms with Gasteiger partial charge in [-0.15, -0.1) is 24.8 Å². The summed E-state index contributed by atoms with van der Waals surface area (Å²) < 4.78 is 0.923. The Kier molecular flexibility index (Phi) is 10.2. The number of nitrogen functional groups attached to an aromatic ring is 1. The van der Waals surface area contributed by atoms with Gasteiger partial charge in [-0.3, -0.25) is 9.69 Å². The summed E-state index contributed by atoms with van der Waals surface area (Å²) in [6, 6.07) is 3.68. The number of anilines is 2. The van der Waals surface area contributed by atoms with Crippen molar-refractivity contribution in [3.63, 3.8) is 0 Å². The third kappa shape index (κ3) is 6.14. The molecule has 0 aromatic heterocycles. The zero-order valence-electron chi connectivity index (χ0n) is 13.6. The SMILES string of the molecule is Cc1cc(Br)cc(NC(=O)C(C)N2CCCCCC2)c1N.Cl.Cl. The Balaban J connectivity index is 0.00000242. The van der Waals surface area contributed by atoms with Crippen molar-refractivity contribution in [1.82, 2.24) is 4.90 Å². The number of carbonyl (C=O) groups is 1. The summed E-state index contributed by atoms with van der Waals surface area (Å²) in [5.41, 5.74) is 8.34. The molecule has 1 aromatic carbocycles. The molecule has 23 heavy (non-hydrogen) atoms. The van der Waals surface area contributed by atoms with Crippen LogP contribution in [0.25, 0.3) is 0 Å². The Hall–Kier alpha value is -0.490. The van der Waals surface area contributed by atoms with E-state index in [2.05, 4.69) is 26.1 Å². The van der Waals surface area contributed by atoms with Crippen molar-refractivity contribution < 1.29 is 4.79 Å². The van der Waals surface area contributed by atoms with Gasteiger partial charge in [0.1, 0.15) is 0 Å². The van der Waals surface area contributed by atoms with E-state index in [1.807, 2.05) is 26.0 Å². The highest BCUT2D eigenvalue weighted by atomic mass is 79.9. The molecular formula is C16H26BrCl2N3O. The summed E-state index contributed by atoms with van der Waals surface area (Å²) in [7, 11) is 0. The summed E-state index contributed by atoms with van der Waals surface area (Å²) in [5, 5.41) is 2.97. The minimum Gasteiger partial charge on any atom is -0.397 e. The molecule has 1 saturated heterocycles. The second-order valence-electron chi connectivity index (χ2n) is 5.80. The highest BCUT2D eigenvalue weighted by Crippen LogP contribution is 2.28. The van der Waals surface area contributed by atoms with E-state index in [1.165, 1.54) is 25.7 Å². The van der Waals surface area contributed by atoms with E-state index >= 15 is 0 Å². The number of nitrogens with zero attached hydrogens (tertiary/aromatic N) is 1. The third-order valence-corrected chi connectivity index (χ3v) is 4.64. The molecule has 4 nitrogen and oxygen atoms in total. The number of carbonyl (C=O) groups excluding carboxylic acids is 1. The predicted molar refractivity (Wildman–Crippen MR) is 106 cm³/mol. The van der Waals surface area contributed by atoms with Crippen molar-refractivity contribution in [2.24, 2.45) is 0 Å². The van der Waals surface area contributed by atoms with Gasteiger partial charge in [-0.25, -0.2) is 0 Å². The van der Waals surface area contributed by atoms with Gasteiger partial charge >= 0.3 is 0 Å². The van der Waals surface area contributed by atoms with Gasteiger partial charge in [0.2, 0.25) is 5.91 Å². The molecule has 7 heteroatoms. The molecule has 0 saturated carbocycles. The molecule has 0 radical (unpaired) electrons. The minimum atomic E-state index is -0.123. The number of nitrogens with one attached hydrogen (secondary N) is 1. The van der Waals surface area contributed by atoms with Crippen molar-refractivity contribution in [3.05, 3.63) is 22.2 Å². The molecule has 0 spiro atoms. The fourth-order valence-corrected chi connectivity index (χ4v) is 3.32. The van der Waals surface area contributed by atoms with E-state index < -0.39 is 0 Å². The van der Waals surface area contributed by atoms with Crippen molar-refractivity contribution in [3.8, 4) is 0 Å². The zero-order valence-corrected chi connectivity index (χ0v) is 16.8. The minimum absolute atomic E-state index is 0. The molecule has 0 bridgehead atoms. The van der Waals surface area contributed by atoms with Crippen LogP contribution in [0.2, 0.25) is 0 Å². The number of benzene rings is 1. The van der Waals surface area contributed by atoms with Crippen molar-refractivity contribution >= 4 is 58.0 Å². The lowest BCUT2D eigenvalue weighted by Crippen LogP contribution is -2.42. The topological polar surface area (TPSA) is 58.4 Å². The summed E-state index contributed by atoms with van der Waals surface area (Å²) in [5.74, 6) is 0.0149. The van der Waals surface area contributed by atoms with E-state index in [9.17, 15) is 4.79 Å². The van der Waals surface area contributed by atoms with Crippen LogP contribution in [0.1, 0.15) is 38.2 Å². The summed E-state index contributed by atoms with van der Waals surface area (Å²) in [4.78, 5) is 14.7. The van der Waals surface area contributed by atoms with E-state index in [0.717, 1.165) is 23.1 Å². The smallest absolute Gasteiger partial charge is 0.241 e. The average molecular weight is 427 g/mol. The Morgan fingerprint density at radius 2 is 1.78 bits per heavy atom. The maximum absolute atomic E-state index is 12.5. The molecule has 1 heterocycles. The Labute approximate surface area is 159 Å².